The summed E-state index contributed by atoms with van der Waals surface area (Å²) in [5.74, 6) is 0.376. The Morgan fingerprint density at radius 3 is 1.82 bits per heavy atom. The van der Waals surface area contributed by atoms with Gasteiger partial charge in [0.1, 0.15) is 5.75 Å². The number of benzene rings is 1. The fourth-order valence-corrected chi connectivity index (χ4v) is 1.90. The summed E-state index contributed by atoms with van der Waals surface area (Å²) in [5.41, 5.74) is 0. The molecule has 0 atom stereocenters. The van der Waals surface area contributed by atoms with Gasteiger partial charge >= 0.3 is 6.01 Å². The van der Waals surface area contributed by atoms with Gasteiger partial charge in [-0.2, -0.15) is 15.0 Å². The summed E-state index contributed by atoms with van der Waals surface area (Å²) < 4.78 is 5.30. The number of hydrogen-bond donors (Lipinski definition) is 0. The smallest absolute Gasteiger partial charge is 0.327 e. The normalized spacial score (nSPS) is 10.4. The number of rotatable bonds is 2. The van der Waals surface area contributed by atoms with E-state index in [2.05, 4.69) is 15.0 Å². The van der Waals surface area contributed by atoms with Crippen LogP contribution in [0, 0.1) is 0 Å². The summed E-state index contributed by atoms with van der Waals surface area (Å²) in [5, 5.41) is 0.735. The molecule has 0 aliphatic rings. The average Bonchev–Trinajstić information content (AvgIpc) is 2.13. The maximum absolute atomic E-state index is 5.81. The highest BCUT2D eigenvalue weighted by molar-refractivity contribution is 6.34. The first-order valence-corrected chi connectivity index (χ1v) is 5.75. The summed E-state index contributed by atoms with van der Waals surface area (Å²) in [6.45, 7) is 0. The summed E-state index contributed by atoms with van der Waals surface area (Å²) >= 11 is 22.8. The van der Waals surface area contributed by atoms with E-state index in [1.807, 2.05) is 0 Å². The third-order valence-corrected chi connectivity index (χ3v) is 2.38. The fourth-order valence-electron chi connectivity index (χ4n) is 1.05. The second kappa shape index (κ2) is 5.23. The van der Waals surface area contributed by atoms with E-state index in [0.29, 0.717) is 15.8 Å². The molecule has 0 radical (unpaired) electrons. The molecule has 0 saturated heterocycles. The van der Waals surface area contributed by atoms with Crippen LogP contribution < -0.4 is 4.74 Å². The van der Waals surface area contributed by atoms with Crippen LogP contribution in [0.1, 0.15) is 0 Å². The van der Waals surface area contributed by atoms with Crippen molar-refractivity contribution in [2.24, 2.45) is 0 Å². The number of nitrogens with zero attached hydrogens (tertiary/aromatic N) is 3. The van der Waals surface area contributed by atoms with Crippen LogP contribution in [0.15, 0.2) is 18.2 Å². The maximum atomic E-state index is 5.81. The van der Waals surface area contributed by atoms with E-state index >= 15 is 0 Å². The minimum absolute atomic E-state index is 0.0340. The third kappa shape index (κ3) is 3.57. The molecule has 0 saturated carbocycles. The first-order chi connectivity index (χ1) is 8.02. The van der Waals surface area contributed by atoms with Crippen LogP contribution in [0.4, 0.5) is 0 Å². The molecule has 4 nitrogen and oxygen atoms in total. The zero-order chi connectivity index (χ0) is 12.4. The third-order valence-electron chi connectivity index (χ3n) is 1.61. The zero-order valence-corrected chi connectivity index (χ0v) is 11.0. The molecule has 2 aromatic rings. The molecule has 0 bridgehead atoms. The van der Waals surface area contributed by atoms with Gasteiger partial charge in [-0.05, 0) is 41.4 Å². The number of ether oxygens (including phenoxy) is 1. The van der Waals surface area contributed by atoms with Gasteiger partial charge in [-0.15, -0.1) is 0 Å². The van der Waals surface area contributed by atoms with Gasteiger partial charge in [-0.25, -0.2) is 0 Å². The second-order valence-electron chi connectivity index (χ2n) is 2.86. The van der Waals surface area contributed by atoms with E-state index < -0.39 is 0 Å². The van der Waals surface area contributed by atoms with Gasteiger partial charge in [0.05, 0.1) is 0 Å². The molecule has 0 aliphatic carbocycles. The molecule has 2 rings (SSSR count). The summed E-state index contributed by atoms with van der Waals surface area (Å²) in [6.07, 6.45) is 0. The predicted octanol–water partition coefficient (Wildman–Crippen LogP) is 4.28. The van der Waals surface area contributed by atoms with Gasteiger partial charge in [-0.1, -0.05) is 23.2 Å². The van der Waals surface area contributed by atoms with Gasteiger partial charge in [0.15, 0.2) is 0 Å². The van der Waals surface area contributed by atoms with Gasteiger partial charge in [0.25, 0.3) is 0 Å². The lowest BCUT2D eigenvalue weighted by atomic mass is 10.3. The molecular formula is C9H3Cl4N3O. The standard InChI is InChI=1S/C9H3Cl4N3O/c10-4-1-5(11)3-6(2-4)17-9-15-7(12)14-8(13)16-9/h1-3H. The fraction of sp³-hybridized carbons (Fsp3) is 0. The van der Waals surface area contributed by atoms with Gasteiger partial charge in [0.2, 0.25) is 10.6 Å². The Morgan fingerprint density at radius 1 is 0.765 bits per heavy atom. The quantitative estimate of drug-likeness (QED) is 0.830. The van der Waals surface area contributed by atoms with Gasteiger partial charge in [0, 0.05) is 10.0 Å². The van der Waals surface area contributed by atoms with E-state index in [0.717, 1.165) is 0 Å². The molecule has 8 heteroatoms. The van der Waals surface area contributed by atoms with Crippen LogP contribution in [0.2, 0.25) is 20.6 Å². The number of halogens is 4. The van der Waals surface area contributed by atoms with Crippen molar-refractivity contribution < 1.29 is 4.74 Å². The lowest BCUT2D eigenvalue weighted by Crippen LogP contribution is -1.95. The largest absolute Gasteiger partial charge is 0.424 e. The molecule has 1 aromatic carbocycles. The molecular weight excluding hydrogens is 308 g/mol. The van der Waals surface area contributed by atoms with Crippen LogP contribution in [-0.2, 0) is 0 Å². The van der Waals surface area contributed by atoms with Crippen molar-refractivity contribution in [3.05, 3.63) is 38.8 Å². The van der Waals surface area contributed by atoms with Crippen LogP contribution in [0.25, 0.3) is 0 Å². The van der Waals surface area contributed by atoms with E-state index in [4.69, 9.17) is 51.1 Å². The van der Waals surface area contributed by atoms with Crippen LogP contribution in [-0.4, -0.2) is 15.0 Å². The van der Waals surface area contributed by atoms with Gasteiger partial charge < -0.3 is 4.74 Å². The lowest BCUT2D eigenvalue weighted by molar-refractivity contribution is 0.439. The topological polar surface area (TPSA) is 47.9 Å². The number of aromatic nitrogens is 3. The monoisotopic (exact) mass is 309 g/mol. The molecule has 0 spiro atoms. The van der Waals surface area contributed by atoms with Crippen molar-refractivity contribution in [3.63, 3.8) is 0 Å². The molecule has 0 amide bonds. The molecule has 1 heterocycles. The van der Waals surface area contributed by atoms with Crippen LogP contribution in [0.5, 0.6) is 11.8 Å². The zero-order valence-electron chi connectivity index (χ0n) is 7.99. The molecule has 88 valence electrons. The van der Waals surface area contributed by atoms with E-state index in [-0.39, 0.29) is 16.6 Å². The minimum Gasteiger partial charge on any atom is -0.424 e. The van der Waals surface area contributed by atoms with Crippen molar-refractivity contribution in [3.8, 4) is 11.8 Å². The average molecular weight is 311 g/mol. The Hall–Kier alpha value is -0.810. The Labute approximate surface area is 116 Å². The van der Waals surface area contributed by atoms with Crippen molar-refractivity contribution in [2.75, 3.05) is 0 Å². The van der Waals surface area contributed by atoms with Gasteiger partial charge in [-0.3, -0.25) is 0 Å². The van der Waals surface area contributed by atoms with Crippen molar-refractivity contribution >= 4 is 46.4 Å². The first-order valence-electron chi connectivity index (χ1n) is 4.24. The minimum atomic E-state index is -0.0619. The van der Waals surface area contributed by atoms with E-state index in [1.165, 1.54) is 0 Å². The summed E-state index contributed by atoms with van der Waals surface area (Å²) in [7, 11) is 0. The van der Waals surface area contributed by atoms with Crippen molar-refractivity contribution in [1.29, 1.82) is 0 Å². The SMILES string of the molecule is Clc1cc(Cl)cc(Oc2nc(Cl)nc(Cl)n2)c1. The highest BCUT2D eigenvalue weighted by Gasteiger charge is 2.07. The molecule has 17 heavy (non-hydrogen) atoms. The Bertz CT molecular complexity index is 474. The molecule has 0 N–H and O–H groups in total. The first kappa shape index (κ1) is 12.6. The van der Waals surface area contributed by atoms with E-state index in [1.54, 1.807) is 18.2 Å². The molecule has 0 aliphatic heterocycles. The Balaban J connectivity index is 2.31. The van der Waals surface area contributed by atoms with Crippen molar-refractivity contribution in [2.45, 2.75) is 0 Å². The summed E-state index contributed by atoms with van der Waals surface area (Å²) in [6, 6.07) is 4.65. The Morgan fingerprint density at radius 2 is 1.29 bits per heavy atom. The lowest BCUT2D eigenvalue weighted by Gasteiger charge is -2.04. The maximum Gasteiger partial charge on any atom is 0.327 e. The predicted molar refractivity (Wildman–Crippen MR) is 66.4 cm³/mol. The Kier molecular flexibility index (Phi) is 3.89. The summed E-state index contributed by atoms with van der Waals surface area (Å²) in [4.78, 5) is 11.1. The molecule has 0 unspecified atom stereocenters. The molecule has 0 fully saturated rings. The van der Waals surface area contributed by atoms with Crippen LogP contribution >= 0.6 is 46.4 Å². The van der Waals surface area contributed by atoms with Crippen LogP contribution in [0.3, 0.4) is 0 Å². The van der Waals surface area contributed by atoms with Crippen molar-refractivity contribution in [1.82, 2.24) is 15.0 Å². The number of hydrogen-bond acceptors (Lipinski definition) is 4. The molecule has 1 aromatic heterocycles. The second-order valence-corrected chi connectivity index (χ2v) is 4.41. The highest BCUT2D eigenvalue weighted by atomic mass is 35.5. The van der Waals surface area contributed by atoms with E-state index in [9.17, 15) is 0 Å². The highest BCUT2D eigenvalue weighted by Crippen LogP contribution is 2.27.